The van der Waals surface area contributed by atoms with Gasteiger partial charge in [-0.1, -0.05) is 23.8 Å². The zero-order valence-electron chi connectivity index (χ0n) is 14.2. The molecule has 1 saturated heterocycles. The zero-order valence-corrected chi connectivity index (χ0v) is 15.8. The molecular formula is C18H21ClF2N2O2S. The van der Waals surface area contributed by atoms with E-state index in [9.17, 15) is 17.2 Å². The van der Waals surface area contributed by atoms with Gasteiger partial charge in [-0.15, -0.1) is 12.4 Å². The van der Waals surface area contributed by atoms with E-state index in [4.69, 9.17) is 0 Å². The fourth-order valence-electron chi connectivity index (χ4n) is 3.11. The smallest absolute Gasteiger partial charge is 0.240 e. The second-order valence-electron chi connectivity index (χ2n) is 6.31. The van der Waals surface area contributed by atoms with Crippen molar-refractivity contribution < 1.29 is 17.2 Å². The fourth-order valence-corrected chi connectivity index (χ4v) is 4.39. The summed E-state index contributed by atoms with van der Waals surface area (Å²) in [6, 6.07) is 9.89. The number of rotatable bonds is 4. The Morgan fingerprint density at radius 2 is 1.77 bits per heavy atom. The van der Waals surface area contributed by atoms with E-state index >= 15 is 0 Å². The number of nitrogens with one attached hydrogen (secondary N) is 2. The maximum atomic E-state index is 13.6. The summed E-state index contributed by atoms with van der Waals surface area (Å²) in [7, 11) is -3.69. The largest absolute Gasteiger partial charge is 0.315 e. The second kappa shape index (κ2) is 8.43. The molecule has 1 aliphatic rings. The van der Waals surface area contributed by atoms with Crippen molar-refractivity contribution in [1.29, 1.82) is 0 Å². The molecule has 2 aromatic rings. The molecule has 1 heterocycles. The number of hydrogen-bond donors (Lipinski definition) is 2. The third-order valence-corrected chi connectivity index (χ3v) is 6.00. The Kier molecular flexibility index (Phi) is 6.74. The molecule has 4 nitrogen and oxygen atoms in total. The highest BCUT2D eigenvalue weighted by atomic mass is 35.5. The number of piperidine rings is 1. The quantitative estimate of drug-likeness (QED) is 0.826. The van der Waals surface area contributed by atoms with Crippen molar-refractivity contribution >= 4 is 22.4 Å². The summed E-state index contributed by atoms with van der Waals surface area (Å²) in [6.45, 7) is 3.00. The van der Waals surface area contributed by atoms with Crippen LogP contribution in [0.4, 0.5) is 8.78 Å². The Bertz CT molecular complexity index is 860. The Balaban J connectivity index is 0.00000243. The van der Waals surface area contributed by atoms with Gasteiger partial charge in [0, 0.05) is 18.5 Å². The lowest BCUT2D eigenvalue weighted by Gasteiger charge is -2.33. The van der Waals surface area contributed by atoms with Gasteiger partial charge < -0.3 is 5.32 Å². The van der Waals surface area contributed by atoms with Crippen molar-refractivity contribution in [2.75, 3.05) is 13.1 Å². The predicted octanol–water partition coefficient (Wildman–Crippen LogP) is 3.12. The molecule has 0 radical (unpaired) electrons. The molecule has 26 heavy (non-hydrogen) atoms. The van der Waals surface area contributed by atoms with E-state index in [2.05, 4.69) is 10.0 Å². The first-order valence-corrected chi connectivity index (χ1v) is 9.60. The molecule has 0 aromatic heterocycles. The van der Waals surface area contributed by atoms with Crippen molar-refractivity contribution in [2.24, 2.45) is 0 Å². The summed E-state index contributed by atoms with van der Waals surface area (Å²) in [5.41, 5.74) is 1.56. The summed E-state index contributed by atoms with van der Waals surface area (Å²) in [6.07, 6.45) is 0.631. The highest BCUT2D eigenvalue weighted by Gasteiger charge is 2.31. The highest BCUT2D eigenvalue weighted by Crippen LogP contribution is 2.28. The summed E-state index contributed by atoms with van der Waals surface area (Å²) in [4.78, 5) is 0.188. The molecule has 0 bridgehead atoms. The number of sulfonamides is 1. The Hall–Kier alpha value is -1.54. The van der Waals surface area contributed by atoms with Crippen LogP contribution in [-0.2, 0) is 10.0 Å². The summed E-state index contributed by atoms with van der Waals surface area (Å²) in [5.74, 6) is -2.05. The van der Waals surface area contributed by atoms with Crippen molar-refractivity contribution in [2.45, 2.75) is 30.2 Å². The van der Waals surface area contributed by atoms with Crippen molar-refractivity contribution in [3.8, 4) is 0 Å². The average molecular weight is 403 g/mol. The van der Waals surface area contributed by atoms with E-state index < -0.39 is 27.7 Å². The SMILES string of the molecule is Cc1ccc(S(=O)(=O)NC2CNCCC2c2ccc(F)c(F)c2)cc1.Cl. The minimum absolute atomic E-state index is 0. The lowest BCUT2D eigenvalue weighted by molar-refractivity contribution is 0.376. The van der Waals surface area contributed by atoms with Crippen molar-refractivity contribution in [3.05, 3.63) is 65.2 Å². The zero-order chi connectivity index (χ0) is 18.0. The van der Waals surface area contributed by atoms with Crippen LogP contribution in [0, 0.1) is 18.6 Å². The highest BCUT2D eigenvalue weighted by molar-refractivity contribution is 7.89. The Morgan fingerprint density at radius 1 is 1.08 bits per heavy atom. The van der Waals surface area contributed by atoms with Gasteiger partial charge in [0.1, 0.15) is 0 Å². The van der Waals surface area contributed by atoms with Crippen LogP contribution in [0.15, 0.2) is 47.4 Å². The topological polar surface area (TPSA) is 58.2 Å². The second-order valence-corrected chi connectivity index (χ2v) is 8.03. The normalized spacial score (nSPS) is 20.4. The van der Waals surface area contributed by atoms with Crippen LogP contribution < -0.4 is 10.0 Å². The van der Waals surface area contributed by atoms with Crippen LogP contribution in [0.2, 0.25) is 0 Å². The van der Waals surface area contributed by atoms with E-state index in [0.29, 0.717) is 25.1 Å². The number of benzene rings is 2. The monoisotopic (exact) mass is 402 g/mol. The summed E-state index contributed by atoms with van der Waals surface area (Å²) >= 11 is 0. The van der Waals surface area contributed by atoms with E-state index in [-0.39, 0.29) is 23.2 Å². The maximum absolute atomic E-state index is 13.6. The minimum Gasteiger partial charge on any atom is -0.315 e. The Labute approximate surface area is 158 Å². The van der Waals surface area contributed by atoms with Gasteiger partial charge in [-0.05, 0) is 49.7 Å². The van der Waals surface area contributed by atoms with Crippen molar-refractivity contribution in [3.63, 3.8) is 0 Å². The molecular weight excluding hydrogens is 382 g/mol. The molecule has 2 N–H and O–H groups in total. The molecule has 0 saturated carbocycles. The maximum Gasteiger partial charge on any atom is 0.240 e. The third kappa shape index (κ3) is 4.59. The molecule has 142 valence electrons. The van der Waals surface area contributed by atoms with Gasteiger partial charge in [-0.25, -0.2) is 21.9 Å². The molecule has 3 rings (SSSR count). The average Bonchev–Trinajstić information content (AvgIpc) is 2.58. The molecule has 2 unspecified atom stereocenters. The van der Waals surface area contributed by atoms with E-state index in [1.165, 1.54) is 6.07 Å². The van der Waals surface area contributed by atoms with Crippen LogP contribution in [0.1, 0.15) is 23.5 Å². The number of halogens is 3. The van der Waals surface area contributed by atoms with Crippen LogP contribution in [0.25, 0.3) is 0 Å². The first-order valence-electron chi connectivity index (χ1n) is 8.11. The predicted molar refractivity (Wildman–Crippen MR) is 99.1 cm³/mol. The summed E-state index contributed by atoms with van der Waals surface area (Å²) in [5, 5.41) is 3.15. The van der Waals surface area contributed by atoms with Gasteiger partial charge in [0.2, 0.25) is 10.0 Å². The van der Waals surface area contributed by atoms with Crippen LogP contribution in [0.3, 0.4) is 0 Å². The van der Waals surface area contributed by atoms with Crippen LogP contribution >= 0.6 is 12.4 Å². The molecule has 0 spiro atoms. The molecule has 8 heteroatoms. The first kappa shape index (κ1) is 20.8. The summed E-state index contributed by atoms with van der Waals surface area (Å²) < 4.78 is 54.7. The number of hydrogen-bond acceptors (Lipinski definition) is 3. The van der Waals surface area contributed by atoms with Gasteiger partial charge in [-0.2, -0.15) is 0 Å². The number of aryl methyl sites for hydroxylation is 1. The van der Waals surface area contributed by atoms with E-state index in [1.807, 2.05) is 6.92 Å². The molecule has 0 amide bonds. The fraction of sp³-hybridized carbons (Fsp3) is 0.333. The minimum atomic E-state index is -3.69. The Morgan fingerprint density at radius 3 is 2.42 bits per heavy atom. The molecule has 1 fully saturated rings. The van der Waals surface area contributed by atoms with Gasteiger partial charge in [0.25, 0.3) is 0 Å². The lowest BCUT2D eigenvalue weighted by atomic mass is 9.86. The first-order chi connectivity index (χ1) is 11.9. The van der Waals surface area contributed by atoms with Crippen molar-refractivity contribution in [1.82, 2.24) is 10.0 Å². The standard InChI is InChI=1S/C18H20F2N2O2S.ClH/c1-12-2-5-14(6-3-12)25(23,24)22-18-11-21-9-8-15(18)13-4-7-16(19)17(20)10-13;/h2-7,10,15,18,21-22H,8-9,11H2,1H3;1H. The van der Waals surface area contributed by atoms with Gasteiger partial charge in [-0.3, -0.25) is 0 Å². The van der Waals surface area contributed by atoms with Gasteiger partial charge >= 0.3 is 0 Å². The molecule has 0 aliphatic carbocycles. The van der Waals surface area contributed by atoms with Gasteiger partial charge in [0.05, 0.1) is 4.90 Å². The third-order valence-electron chi connectivity index (χ3n) is 4.49. The molecule has 1 aliphatic heterocycles. The van der Waals surface area contributed by atoms with E-state index in [1.54, 1.807) is 24.3 Å². The van der Waals surface area contributed by atoms with Gasteiger partial charge in [0.15, 0.2) is 11.6 Å². The van der Waals surface area contributed by atoms with E-state index in [0.717, 1.165) is 17.7 Å². The molecule has 2 atom stereocenters. The van der Waals surface area contributed by atoms with Crippen LogP contribution in [0.5, 0.6) is 0 Å². The lowest BCUT2D eigenvalue weighted by Crippen LogP contribution is -2.49. The molecule has 2 aromatic carbocycles. The van der Waals surface area contributed by atoms with Crippen LogP contribution in [-0.4, -0.2) is 27.5 Å².